The van der Waals surface area contributed by atoms with Gasteiger partial charge in [-0.2, -0.15) is 0 Å². The Labute approximate surface area is 170 Å². The number of hydrogen-bond donors (Lipinski definition) is 1. The zero-order valence-electron chi connectivity index (χ0n) is 16.9. The monoisotopic (exact) mass is 401 g/mol. The van der Waals surface area contributed by atoms with Gasteiger partial charge in [-0.3, -0.25) is 14.5 Å². The van der Waals surface area contributed by atoms with E-state index in [0.29, 0.717) is 13.1 Å². The van der Waals surface area contributed by atoms with Gasteiger partial charge in [-0.05, 0) is 31.2 Å². The highest BCUT2D eigenvalue weighted by Gasteiger charge is 2.26. The summed E-state index contributed by atoms with van der Waals surface area (Å²) in [7, 11) is 5.35. The molecule has 0 saturated carbocycles. The van der Waals surface area contributed by atoms with E-state index in [2.05, 4.69) is 0 Å². The number of thiazole rings is 1. The van der Waals surface area contributed by atoms with Crippen LogP contribution >= 0.6 is 11.3 Å². The molecule has 3 rings (SSSR count). The van der Waals surface area contributed by atoms with Crippen molar-refractivity contribution in [1.82, 2.24) is 9.88 Å². The van der Waals surface area contributed by atoms with Gasteiger partial charge in [0.15, 0.2) is 18.2 Å². The number of likely N-dealkylation sites (N-methyl/N-ethyl adjacent to an activating group) is 2. The van der Waals surface area contributed by atoms with Gasteiger partial charge in [0.05, 0.1) is 19.3 Å². The number of quaternary nitrogens is 1. The van der Waals surface area contributed by atoms with E-state index >= 15 is 0 Å². The van der Waals surface area contributed by atoms with E-state index in [0.717, 1.165) is 34.1 Å². The van der Waals surface area contributed by atoms with Crippen molar-refractivity contribution in [3.63, 3.8) is 0 Å². The minimum atomic E-state index is -0.000920. The van der Waals surface area contributed by atoms with E-state index in [1.807, 2.05) is 37.4 Å². The fourth-order valence-electron chi connectivity index (χ4n) is 3.31. The molecule has 1 atom stereocenters. The number of aryl methyl sites for hydroxylation is 2. The molecule has 1 unspecified atom stereocenters. The summed E-state index contributed by atoms with van der Waals surface area (Å²) < 4.78 is 0. The molecule has 0 bridgehead atoms. The van der Waals surface area contributed by atoms with Crippen LogP contribution in [0.3, 0.4) is 0 Å². The molecule has 2 aromatic rings. The summed E-state index contributed by atoms with van der Waals surface area (Å²) in [6.45, 7) is 1.06. The number of nitrogens with one attached hydrogen (secondary N) is 1. The van der Waals surface area contributed by atoms with Crippen LogP contribution in [-0.2, 0) is 29.0 Å². The van der Waals surface area contributed by atoms with Crippen molar-refractivity contribution >= 4 is 28.3 Å². The van der Waals surface area contributed by atoms with Crippen LogP contribution in [0.4, 0.5) is 5.13 Å². The molecule has 0 saturated heterocycles. The average Bonchev–Trinajstić information content (AvgIpc) is 3.10. The first-order valence-corrected chi connectivity index (χ1v) is 10.6. The van der Waals surface area contributed by atoms with Gasteiger partial charge in [0.1, 0.15) is 0 Å². The second-order valence-corrected chi connectivity index (χ2v) is 8.70. The lowest BCUT2D eigenvalue weighted by Gasteiger charge is -2.22. The fourth-order valence-corrected chi connectivity index (χ4v) is 4.48. The summed E-state index contributed by atoms with van der Waals surface area (Å²) in [4.78, 5) is 35.5. The molecule has 0 aliphatic heterocycles. The fraction of sp³-hybridized carbons (Fsp3) is 0.476. The molecule has 0 fully saturated rings. The molecule has 2 amide bonds. The summed E-state index contributed by atoms with van der Waals surface area (Å²) in [5.41, 5.74) is 2.23. The van der Waals surface area contributed by atoms with Crippen LogP contribution in [0.15, 0.2) is 30.3 Å². The molecule has 1 aliphatic rings. The number of carbonyl (C=O) groups is 2. The Morgan fingerprint density at radius 3 is 2.43 bits per heavy atom. The summed E-state index contributed by atoms with van der Waals surface area (Å²) in [5, 5.41) is 0.785. The molecular weight excluding hydrogens is 372 g/mol. The van der Waals surface area contributed by atoms with Gasteiger partial charge in [-0.1, -0.05) is 30.3 Å². The number of rotatable bonds is 7. The SMILES string of the molecule is CN(C)C(=O)C[NH+](C)CC(=O)N(Cc1ccccc1)c1nc2c(s1)CCCC2. The molecule has 1 N–H and O–H groups in total. The minimum Gasteiger partial charge on any atom is -0.344 e. The van der Waals surface area contributed by atoms with Crippen LogP contribution in [0.2, 0.25) is 0 Å². The Balaban J connectivity index is 1.78. The van der Waals surface area contributed by atoms with E-state index in [-0.39, 0.29) is 18.4 Å². The molecule has 1 aromatic heterocycles. The average molecular weight is 402 g/mol. The van der Waals surface area contributed by atoms with E-state index in [1.165, 1.54) is 17.7 Å². The highest BCUT2D eigenvalue weighted by Crippen LogP contribution is 2.32. The Bertz CT molecular complexity index is 796. The molecule has 1 aliphatic carbocycles. The molecule has 28 heavy (non-hydrogen) atoms. The molecule has 0 radical (unpaired) electrons. The first kappa shape index (κ1) is 20.5. The highest BCUT2D eigenvalue weighted by atomic mass is 32.1. The molecular formula is C21H29N4O2S+. The Kier molecular flexibility index (Phi) is 6.80. The van der Waals surface area contributed by atoms with Gasteiger partial charge in [0.25, 0.3) is 11.8 Å². The first-order valence-electron chi connectivity index (χ1n) is 9.78. The van der Waals surface area contributed by atoms with Crippen molar-refractivity contribution in [3.05, 3.63) is 46.5 Å². The second kappa shape index (κ2) is 9.30. The standard InChI is InChI=1S/C21H28N4O2S/c1-23(2)19(26)14-24(3)15-20(27)25(13-16-9-5-4-6-10-16)21-22-17-11-7-8-12-18(17)28-21/h4-6,9-10H,7-8,11-15H2,1-3H3/p+1. The van der Waals surface area contributed by atoms with Gasteiger partial charge in [0, 0.05) is 19.0 Å². The van der Waals surface area contributed by atoms with Crippen molar-refractivity contribution in [3.8, 4) is 0 Å². The minimum absolute atomic E-state index is 0.000920. The topological polar surface area (TPSA) is 58.0 Å². The molecule has 1 aromatic carbocycles. The summed E-state index contributed by atoms with van der Waals surface area (Å²) in [5.74, 6) is 0.0172. The van der Waals surface area contributed by atoms with Crippen LogP contribution in [0.25, 0.3) is 0 Å². The molecule has 6 nitrogen and oxygen atoms in total. The lowest BCUT2D eigenvalue weighted by molar-refractivity contribution is -0.862. The first-order chi connectivity index (χ1) is 13.4. The number of carbonyl (C=O) groups excluding carboxylic acids is 2. The van der Waals surface area contributed by atoms with Crippen LogP contribution in [-0.4, -0.2) is 55.9 Å². The van der Waals surface area contributed by atoms with Crippen LogP contribution in [0.5, 0.6) is 0 Å². The maximum atomic E-state index is 13.2. The van der Waals surface area contributed by atoms with Crippen LogP contribution in [0, 0.1) is 0 Å². The van der Waals surface area contributed by atoms with Gasteiger partial charge in [-0.25, -0.2) is 4.98 Å². The maximum Gasteiger partial charge on any atom is 0.284 e. The van der Waals surface area contributed by atoms with Crippen LogP contribution < -0.4 is 9.80 Å². The third kappa shape index (κ3) is 5.17. The predicted molar refractivity (Wildman–Crippen MR) is 112 cm³/mol. The maximum absolute atomic E-state index is 13.2. The predicted octanol–water partition coefficient (Wildman–Crippen LogP) is 1.16. The molecule has 7 heteroatoms. The number of nitrogens with zero attached hydrogens (tertiary/aromatic N) is 3. The highest BCUT2D eigenvalue weighted by molar-refractivity contribution is 7.15. The van der Waals surface area contributed by atoms with E-state index in [9.17, 15) is 9.59 Å². The number of hydrogen-bond acceptors (Lipinski definition) is 4. The smallest absolute Gasteiger partial charge is 0.284 e. The summed E-state index contributed by atoms with van der Waals surface area (Å²) in [6, 6.07) is 10.00. The van der Waals surface area contributed by atoms with Gasteiger partial charge in [-0.15, -0.1) is 11.3 Å². The van der Waals surface area contributed by atoms with Crippen molar-refractivity contribution in [2.75, 3.05) is 39.1 Å². The number of fused-ring (bicyclic) bond motifs is 1. The largest absolute Gasteiger partial charge is 0.344 e. The van der Waals surface area contributed by atoms with Gasteiger partial charge in [0.2, 0.25) is 0 Å². The van der Waals surface area contributed by atoms with Gasteiger partial charge >= 0.3 is 0 Å². The third-order valence-electron chi connectivity index (χ3n) is 4.95. The van der Waals surface area contributed by atoms with Crippen molar-refractivity contribution < 1.29 is 14.5 Å². The molecule has 1 heterocycles. The molecule has 150 valence electrons. The van der Waals surface area contributed by atoms with E-state index < -0.39 is 0 Å². The summed E-state index contributed by atoms with van der Waals surface area (Å²) in [6.07, 6.45) is 4.42. The van der Waals surface area contributed by atoms with Crippen molar-refractivity contribution in [1.29, 1.82) is 0 Å². The Morgan fingerprint density at radius 1 is 1.07 bits per heavy atom. The molecule has 0 spiro atoms. The van der Waals surface area contributed by atoms with Gasteiger partial charge < -0.3 is 9.80 Å². The number of amides is 2. The third-order valence-corrected chi connectivity index (χ3v) is 6.14. The number of anilines is 1. The summed E-state index contributed by atoms with van der Waals surface area (Å²) >= 11 is 1.65. The van der Waals surface area contributed by atoms with Crippen molar-refractivity contribution in [2.24, 2.45) is 0 Å². The quantitative estimate of drug-likeness (QED) is 0.758. The van der Waals surface area contributed by atoms with Crippen LogP contribution in [0.1, 0.15) is 29.0 Å². The zero-order valence-corrected chi connectivity index (χ0v) is 17.7. The number of aromatic nitrogens is 1. The van der Waals surface area contributed by atoms with E-state index in [4.69, 9.17) is 4.98 Å². The number of benzene rings is 1. The van der Waals surface area contributed by atoms with E-state index in [1.54, 1.807) is 35.2 Å². The Hall–Kier alpha value is -2.25. The lowest BCUT2D eigenvalue weighted by Crippen LogP contribution is -3.11. The zero-order chi connectivity index (χ0) is 20.1. The van der Waals surface area contributed by atoms with Crippen molar-refractivity contribution in [2.45, 2.75) is 32.2 Å². The second-order valence-electron chi connectivity index (χ2n) is 7.64. The normalized spacial score (nSPS) is 14.2. The Morgan fingerprint density at radius 2 is 1.75 bits per heavy atom. The lowest BCUT2D eigenvalue weighted by atomic mass is 10.0.